The van der Waals surface area contributed by atoms with Gasteiger partial charge in [-0.3, -0.25) is 9.88 Å². The van der Waals surface area contributed by atoms with Crippen molar-refractivity contribution in [2.24, 2.45) is 0 Å². The molecule has 2 aliphatic rings. The number of rotatable bonds is 4. The lowest BCUT2D eigenvalue weighted by atomic mass is 10.1. The van der Waals surface area contributed by atoms with Crippen LogP contribution in [0.4, 0.5) is 5.82 Å². The van der Waals surface area contributed by atoms with E-state index >= 15 is 0 Å². The monoisotopic (exact) mass is 261 g/mol. The van der Waals surface area contributed by atoms with E-state index < -0.39 is 0 Å². The second kappa shape index (κ2) is 5.84. The molecular formula is C14H23N5. The van der Waals surface area contributed by atoms with Crippen LogP contribution in [0.3, 0.4) is 0 Å². The number of fused-ring (bicyclic) bond motifs is 1. The summed E-state index contributed by atoms with van der Waals surface area (Å²) >= 11 is 0. The number of nitrogens with zero attached hydrogens (tertiary/aromatic N) is 4. The highest BCUT2D eigenvalue weighted by Gasteiger charge is 2.31. The van der Waals surface area contributed by atoms with Gasteiger partial charge >= 0.3 is 0 Å². The Labute approximate surface area is 115 Å². The molecule has 0 amide bonds. The van der Waals surface area contributed by atoms with Crippen LogP contribution in [-0.2, 0) is 6.54 Å². The topological polar surface area (TPSA) is 44.3 Å². The fourth-order valence-corrected chi connectivity index (χ4v) is 3.08. The van der Waals surface area contributed by atoms with Gasteiger partial charge in [-0.1, -0.05) is 6.92 Å². The molecule has 5 heteroatoms. The second-order valence-corrected chi connectivity index (χ2v) is 5.43. The molecule has 1 aromatic heterocycles. The van der Waals surface area contributed by atoms with Crippen LogP contribution in [-0.4, -0.2) is 53.6 Å². The summed E-state index contributed by atoms with van der Waals surface area (Å²) in [5.41, 5.74) is 1.04. The molecule has 5 nitrogen and oxygen atoms in total. The first-order valence-corrected chi connectivity index (χ1v) is 7.37. The van der Waals surface area contributed by atoms with Crippen molar-refractivity contribution in [3.8, 4) is 0 Å². The van der Waals surface area contributed by atoms with Gasteiger partial charge in [0.1, 0.15) is 5.82 Å². The Bertz CT molecular complexity index is 422. The first-order valence-electron chi connectivity index (χ1n) is 7.37. The Morgan fingerprint density at radius 1 is 1.32 bits per heavy atom. The van der Waals surface area contributed by atoms with E-state index in [4.69, 9.17) is 4.98 Å². The maximum atomic E-state index is 4.73. The first kappa shape index (κ1) is 12.8. The molecule has 1 atom stereocenters. The van der Waals surface area contributed by atoms with Crippen LogP contribution in [0.2, 0.25) is 0 Å². The third kappa shape index (κ3) is 2.87. The molecule has 0 saturated carbocycles. The minimum atomic E-state index is 0.730. The Balaban J connectivity index is 1.68. The van der Waals surface area contributed by atoms with Crippen LogP contribution in [0.25, 0.3) is 0 Å². The van der Waals surface area contributed by atoms with Gasteiger partial charge in [-0.2, -0.15) is 0 Å². The third-order valence-corrected chi connectivity index (χ3v) is 4.14. The van der Waals surface area contributed by atoms with E-state index in [0.717, 1.165) is 43.7 Å². The summed E-state index contributed by atoms with van der Waals surface area (Å²) in [6.07, 6.45) is 6.45. The summed E-state index contributed by atoms with van der Waals surface area (Å²) < 4.78 is 0. The number of nitrogens with one attached hydrogen (secondary N) is 1. The van der Waals surface area contributed by atoms with Gasteiger partial charge in [-0.15, -0.1) is 0 Å². The molecule has 0 radical (unpaired) electrons. The summed E-state index contributed by atoms with van der Waals surface area (Å²) in [5, 5.41) is 3.30. The van der Waals surface area contributed by atoms with Gasteiger partial charge in [0.15, 0.2) is 0 Å². The van der Waals surface area contributed by atoms with E-state index in [9.17, 15) is 0 Å². The van der Waals surface area contributed by atoms with Crippen molar-refractivity contribution >= 4 is 5.82 Å². The zero-order valence-corrected chi connectivity index (χ0v) is 11.7. The highest BCUT2D eigenvalue weighted by atomic mass is 15.3. The average Bonchev–Trinajstić information content (AvgIpc) is 2.92. The Kier molecular flexibility index (Phi) is 3.94. The van der Waals surface area contributed by atoms with E-state index in [2.05, 4.69) is 27.0 Å². The van der Waals surface area contributed by atoms with Gasteiger partial charge in [0.25, 0.3) is 0 Å². The van der Waals surface area contributed by atoms with Gasteiger partial charge in [0, 0.05) is 38.4 Å². The predicted octanol–water partition coefficient (Wildman–Crippen LogP) is 0.870. The molecule has 2 fully saturated rings. The lowest BCUT2D eigenvalue weighted by Gasteiger charge is -2.38. The Morgan fingerprint density at radius 2 is 2.26 bits per heavy atom. The van der Waals surface area contributed by atoms with Gasteiger partial charge in [0.2, 0.25) is 0 Å². The maximum Gasteiger partial charge on any atom is 0.147 e. The molecular weight excluding hydrogens is 238 g/mol. The van der Waals surface area contributed by atoms with Crippen molar-refractivity contribution in [3.05, 3.63) is 18.1 Å². The summed E-state index contributed by atoms with van der Waals surface area (Å²) in [6, 6.07) is 0.730. The zero-order chi connectivity index (χ0) is 13.1. The smallest absolute Gasteiger partial charge is 0.147 e. The molecule has 1 aromatic rings. The zero-order valence-electron chi connectivity index (χ0n) is 11.7. The quantitative estimate of drug-likeness (QED) is 0.871. The van der Waals surface area contributed by atoms with E-state index in [1.54, 1.807) is 0 Å². The number of aromatic nitrogens is 2. The fraction of sp³-hybridized carbons (Fsp3) is 0.714. The fourth-order valence-electron chi connectivity index (χ4n) is 3.08. The van der Waals surface area contributed by atoms with Crippen LogP contribution < -0.4 is 10.2 Å². The van der Waals surface area contributed by atoms with Crippen LogP contribution in [0.1, 0.15) is 25.5 Å². The van der Waals surface area contributed by atoms with Crippen LogP contribution >= 0.6 is 0 Å². The Morgan fingerprint density at radius 3 is 3.16 bits per heavy atom. The largest absolute Gasteiger partial charge is 0.352 e. The summed E-state index contributed by atoms with van der Waals surface area (Å²) in [5.74, 6) is 1.04. The average molecular weight is 261 g/mol. The van der Waals surface area contributed by atoms with Gasteiger partial charge in [0.05, 0.1) is 11.9 Å². The van der Waals surface area contributed by atoms with E-state index in [1.165, 1.54) is 25.9 Å². The molecule has 104 valence electrons. The Hall–Kier alpha value is -1.20. The lowest BCUT2D eigenvalue weighted by molar-refractivity contribution is 0.230. The normalized spacial score (nSPS) is 23.6. The van der Waals surface area contributed by atoms with E-state index in [1.807, 2.05) is 12.4 Å². The van der Waals surface area contributed by atoms with Gasteiger partial charge in [-0.05, 0) is 25.9 Å². The summed E-state index contributed by atoms with van der Waals surface area (Å²) in [4.78, 5) is 14.1. The standard InChI is InChI=1S/C14H23N5/c1-2-15-8-12-9-16-10-14(17-12)19-7-6-18-5-3-4-13(18)11-19/h9-10,13,15H,2-8,11H2,1H3. The first-order chi connectivity index (χ1) is 9.36. The van der Waals surface area contributed by atoms with E-state index in [0.29, 0.717) is 0 Å². The van der Waals surface area contributed by atoms with Gasteiger partial charge < -0.3 is 10.2 Å². The summed E-state index contributed by atoms with van der Waals surface area (Å²) in [7, 11) is 0. The number of hydrogen-bond donors (Lipinski definition) is 1. The molecule has 0 spiro atoms. The molecule has 0 aliphatic carbocycles. The van der Waals surface area contributed by atoms with Gasteiger partial charge in [-0.25, -0.2) is 4.98 Å². The van der Waals surface area contributed by atoms with Crippen LogP contribution in [0, 0.1) is 0 Å². The molecule has 19 heavy (non-hydrogen) atoms. The number of piperazine rings is 1. The van der Waals surface area contributed by atoms with Crippen molar-refractivity contribution in [1.82, 2.24) is 20.2 Å². The minimum Gasteiger partial charge on any atom is -0.352 e. The van der Waals surface area contributed by atoms with Crippen LogP contribution in [0.15, 0.2) is 12.4 Å². The molecule has 0 aromatic carbocycles. The highest BCUT2D eigenvalue weighted by molar-refractivity contribution is 5.37. The number of anilines is 1. The summed E-state index contributed by atoms with van der Waals surface area (Å²) in [6.45, 7) is 8.52. The van der Waals surface area contributed by atoms with Crippen molar-refractivity contribution in [2.45, 2.75) is 32.4 Å². The maximum absolute atomic E-state index is 4.73. The second-order valence-electron chi connectivity index (χ2n) is 5.43. The van der Waals surface area contributed by atoms with Crippen molar-refractivity contribution in [3.63, 3.8) is 0 Å². The lowest BCUT2D eigenvalue weighted by Crippen LogP contribution is -2.50. The minimum absolute atomic E-state index is 0.730. The van der Waals surface area contributed by atoms with Crippen molar-refractivity contribution in [1.29, 1.82) is 0 Å². The molecule has 2 saturated heterocycles. The SMILES string of the molecule is CCNCc1cncc(N2CCN3CCCC3C2)n1. The van der Waals surface area contributed by atoms with Crippen molar-refractivity contribution in [2.75, 3.05) is 37.6 Å². The predicted molar refractivity (Wildman–Crippen MR) is 76.2 cm³/mol. The van der Waals surface area contributed by atoms with Crippen molar-refractivity contribution < 1.29 is 0 Å². The van der Waals surface area contributed by atoms with Crippen LogP contribution in [0.5, 0.6) is 0 Å². The molecule has 1 unspecified atom stereocenters. The molecule has 1 N–H and O–H groups in total. The molecule has 2 aliphatic heterocycles. The third-order valence-electron chi connectivity index (χ3n) is 4.14. The van der Waals surface area contributed by atoms with E-state index in [-0.39, 0.29) is 0 Å². The number of hydrogen-bond acceptors (Lipinski definition) is 5. The molecule has 3 rings (SSSR count). The molecule has 3 heterocycles. The molecule has 0 bridgehead atoms. The highest BCUT2D eigenvalue weighted by Crippen LogP contribution is 2.24.